The largest absolute Gasteiger partial charge is 0.315 e. The summed E-state index contributed by atoms with van der Waals surface area (Å²) in [6.07, 6.45) is 4.08. The van der Waals surface area contributed by atoms with Gasteiger partial charge in [-0.25, -0.2) is 0 Å². The third kappa shape index (κ3) is 4.85. The Morgan fingerprint density at radius 1 is 1.47 bits per heavy atom. The Morgan fingerprint density at radius 2 is 2.32 bits per heavy atom. The van der Waals surface area contributed by atoms with E-state index in [1.165, 1.54) is 35.2 Å². The predicted octanol–water partition coefficient (Wildman–Crippen LogP) is 4.11. The molecule has 2 heterocycles. The second-order valence-electron chi connectivity index (χ2n) is 5.86. The van der Waals surface area contributed by atoms with Crippen molar-refractivity contribution in [2.24, 2.45) is 5.92 Å². The van der Waals surface area contributed by atoms with Crippen LogP contribution in [0.1, 0.15) is 38.0 Å². The monoisotopic (exact) mass is 344 g/mol. The molecule has 0 saturated carbocycles. The van der Waals surface area contributed by atoms with Gasteiger partial charge in [0.15, 0.2) is 0 Å². The van der Waals surface area contributed by atoms with E-state index in [9.17, 15) is 0 Å². The first kappa shape index (κ1) is 15.5. The Labute approximate surface area is 129 Å². The summed E-state index contributed by atoms with van der Waals surface area (Å²) in [5, 5.41) is 5.80. The van der Waals surface area contributed by atoms with E-state index in [1.807, 2.05) is 11.3 Å². The van der Waals surface area contributed by atoms with Crippen LogP contribution in [0, 0.1) is 5.92 Å². The van der Waals surface area contributed by atoms with Gasteiger partial charge in [0.1, 0.15) is 0 Å². The fraction of sp³-hybridized carbons (Fsp3) is 0.733. The molecule has 0 aliphatic carbocycles. The van der Waals surface area contributed by atoms with Crippen molar-refractivity contribution in [3.63, 3.8) is 0 Å². The molecule has 1 N–H and O–H groups in total. The highest BCUT2D eigenvalue weighted by atomic mass is 79.9. The van der Waals surface area contributed by atoms with Gasteiger partial charge in [-0.1, -0.05) is 20.3 Å². The van der Waals surface area contributed by atoms with Gasteiger partial charge in [0.25, 0.3) is 0 Å². The van der Waals surface area contributed by atoms with Crippen LogP contribution in [0.15, 0.2) is 15.9 Å². The maximum atomic E-state index is 3.65. The van der Waals surface area contributed by atoms with E-state index in [2.05, 4.69) is 51.4 Å². The molecule has 0 aromatic carbocycles. The van der Waals surface area contributed by atoms with Crippen LogP contribution in [-0.2, 0) is 6.54 Å². The topological polar surface area (TPSA) is 15.3 Å². The molecule has 1 fully saturated rings. The summed E-state index contributed by atoms with van der Waals surface area (Å²) >= 11 is 5.52. The van der Waals surface area contributed by atoms with Crippen LogP contribution in [0.5, 0.6) is 0 Å². The molecule has 108 valence electrons. The van der Waals surface area contributed by atoms with Crippen LogP contribution in [0.2, 0.25) is 0 Å². The molecule has 19 heavy (non-hydrogen) atoms. The average molecular weight is 345 g/mol. The van der Waals surface area contributed by atoms with Crippen molar-refractivity contribution >= 4 is 27.3 Å². The second-order valence-corrected chi connectivity index (χ2v) is 7.72. The second kappa shape index (κ2) is 7.77. The first-order valence-electron chi connectivity index (χ1n) is 7.33. The Bertz CT molecular complexity index is 378. The SMILES string of the molecule is CC(C)CNCC1CCCCN1Cc1sccc1Br. The number of piperidine rings is 1. The number of thiophene rings is 1. The number of hydrogen-bond donors (Lipinski definition) is 1. The standard InChI is InChI=1S/C15H25BrN2S/c1-12(2)9-17-10-13-5-3-4-7-18(13)11-15-14(16)6-8-19-15/h6,8,12-13,17H,3-5,7,9-11H2,1-2H3. The van der Waals surface area contributed by atoms with Gasteiger partial charge in [0.2, 0.25) is 0 Å². The summed E-state index contributed by atoms with van der Waals surface area (Å²) in [4.78, 5) is 4.13. The van der Waals surface area contributed by atoms with Gasteiger partial charge in [0, 0.05) is 28.5 Å². The molecule has 1 aromatic rings. The lowest BCUT2D eigenvalue weighted by Gasteiger charge is -2.36. The summed E-state index contributed by atoms with van der Waals surface area (Å²) in [7, 11) is 0. The van der Waals surface area contributed by atoms with Crippen molar-refractivity contribution < 1.29 is 0 Å². The fourth-order valence-corrected chi connectivity index (χ4v) is 4.16. The third-order valence-corrected chi connectivity index (χ3v) is 5.63. The fourth-order valence-electron chi connectivity index (χ4n) is 2.66. The molecule has 1 unspecified atom stereocenters. The van der Waals surface area contributed by atoms with Gasteiger partial charge in [-0.2, -0.15) is 0 Å². The summed E-state index contributed by atoms with van der Waals surface area (Å²) in [6.45, 7) is 9.17. The highest BCUT2D eigenvalue weighted by Crippen LogP contribution is 2.27. The van der Waals surface area contributed by atoms with Gasteiger partial charge >= 0.3 is 0 Å². The highest BCUT2D eigenvalue weighted by molar-refractivity contribution is 9.10. The number of halogens is 1. The summed E-state index contributed by atoms with van der Waals surface area (Å²) in [6, 6.07) is 2.87. The minimum Gasteiger partial charge on any atom is -0.315 e. The van der Waals surface area contributed by atoms with Crippen LogP contribution in [0.25, 0.3) is 0 Å². The molecular weight excluding hydrogens is 320 g/mol. The van der Waals surface area contributed by atoms with Crippen LogP contribution in [0.3, 0.4) is 0 Å². The van der Waals surface area contributed by atoms with Crippen LogP contribution >= 0.6 is 27.3 Å². The molecule has 1 aliphatic heterocycles. The van der Waals surface area contributed by atoms with Crippen molar-refractivity contribution in [3.05, 3.63) is 20.8 Å². The molecule has 0 radical (unpaired) electrons. The number of likely N-dealkylation sites (tertiary alicyclic amines) is 1. The zero-order valence-corrected chi connectivity index (χ0v) is 14.4. The molecule has 1 aliphatic rings. The summed E-state index contributed by atoms with van der Waals surface area (Å²) in [5.41, 5.74) is 0. The molecular formula is C15H25BrN2S. The molecule has 1 saturated heterocycles. The Morgan fingerprint density at radius 3 is 3.00 bits per heavy atom. The van der Waals surface area contributed by atoms with E-state index in [-0.39, 0.29) is 0 Å². The lowest BCUT2D eigenvalue weighted by Crippen LogP contribution is -2.45. The average Bonchev–Trinajstić information content (AvgIpc) is 2.77. The quantitative estimate of drug-likeness (QED) is 0.835. The number of nitrogens with zero attached hydrogens (tertiary/aromatic N) is 1. The van der Waals surface area contributed by atoms with E-state index < -0.39 is 0 Å². The van der Waals surface area contributed by atoms with Crippen molar-refractivity contribution in [2.75, 3.05) is 19.6 Å². The molecule has 0 amide bonds. The Balaban J connectivity index is 1.87. The van der Waals surface area contributed by atoms with Crippen LogP contribution < -0.4 is 5.32 Å². The van der Waals surface area contributed by atoms with Gasteiger partial charge in [-0.15, -0.1) is 11.3 Å². The first-order chi connectivity index (χ1) is 9.16. The number of rotatable bonds is 6. The zero-order valence-electron chi connectivity index (χ0n) is 12.0. The summed E-state index contributed by atoms with van der Waals surface area (Å²) < 4.78 is 1.27. The van der Waals surface area contributed by atoms with Crippen LogP contribution in [0.4, 0.5) is 0 Å². The molecule has 2 nitrogen and oxygen atoms in total. The third-order valence-electron chi connectivity index (χ3n) is 3.72. The number of hydrogen-bond acceptors (Lipinski definition) is 3. The maximum absolute atomic E-state index is 3.65. The van der Waals surface area contributed by atoms with E-state index in [0.717, 1.165) is 25.6 Å². The lowest BCUT2D eigenvalue weighted by molar-refractivity contribution is 0.138. The lowest BCUT2D eigenvalue weighted by atomic mass is 10.0. The molecule has 1 aromatic heterocycles. The molecule has 0 spiro atoms. The molecule has 4 heteroatoms. The Kier molecular flexibility index (Phi) is 6.33. The van der Waals surface area contributed by atoms with Crippen molar-refractivity contribution in [1.82, 2.24) is 10.2 Å². The van der Waals surface area contributed by atoms with Crippen LogP contribution in [-0.4, -0.2) is 30.6 Å². The zero-order chi connectivity index (χ0) is 13.7. The Hall–Kier alpha value is 0.100. The number of nitrogens with one attached hydrogen (secondary N) is 1. The van der Waals surface area contributed by atoms with Crippen molar-refractivity contribution in [1.29, 1.82) is 0 Å². The minimum atomic E-state index is 0.710. The predicted molar refractivity (Wildman–Crippen MR) is 87.8 cm³/mol. The van der Waals surface area contributed by atoms with Crippen molar-refractivity contribution in [2.45, 2.75) is 45.7 Å². The normalized spacial score (nSPS) is 21.2. The first-order valence-corrected chi connectivity index (χ1v) is 9.00. The molecule has 1 atom stereocenters. The van der Waals surface area contributed by atoms with E-state index in [4.69, 9.17) is 0 Å². The van der Waals surface area contributed by atoms with Gasteiger partial charge < -0.3 is 5.32 Å². The smallest absolute Gasteiger partial charge is 0.0342 e. The maximum Gasteiger partial charge on any atom is 0.0342 e. The molecule has 0 bridgehead atoms. The van der Waals surface area contributed by atoms with Gasteiger partial charge in [0.05, 0.1) is 0 Å². The highest BCUT2D eigenvalue weighted by Gasteiger charge is 2.23. The van der Waals surface area contributed by atoms with Gasteiger partial charge in [-0.05, 0) is 59.2 Å². The molecule has 2 rings (SSSR count). The van der Waals surface area contributed by atoms with Gasteiger partial charge in [-0.3, -0.25) is 4.90 Å². The minimum absolute atomic E-state index is 0.710. The van der Waals surface area contributed by atoms with Crippen molar-refractivity contribution in [3.8, 4) is 0 Å². The van der Waals surface area contributed by atoms with E-state index in [0.29, 0.717) is 6.04 Å². The van der Waals surface area contributed by atoms with E-state index in [1.54, 1.807) is 0 Å². The summed E-state index contributed by atoms with van der Waals surface area (Å²) in [5.74, 6) is 0.739. The van der Waals surface area contributed by atoms with E-state index >= 15 is 0 Å².